The number of fused-ring (bicyclic) bond motifs is 1. The molecule has 0 radical (unpaired) electrons. The van der Waals surface area contributed by atoms with Crippen LogP contribution in [0.4, 0.5) is 5.69 Å². The van der Waals surface area contributed by atoms with Gasteiger partial charge in [0.15, 0.2) is 4.34 Å². The third-order valence-electron chi connectivity index (χ3n) is 4.55. The van der Waals surface area contributed by atoms with E-state index < -0.39 is 0 Å². The first-order valence-electron chi connectivity index (χ1n) is 8.63. The van der Waals surface area contributed by atoms with E-state index in [4.69, 9.17) is 0 Å². The van der Waals surface area contributed by atoms with E-state index in [0.717, 1.165) is 40.9 Å². The van der Waals surface area contributed by atoms with Gasteiger partial charge < -0.3 is 9.80 Å². The molecule has 0 saturated carbocycles. The second-order valence-corrected chi connectivity index (χ2v) is 8.45. The smallest absolute Gasteiger partial charge is 0.233 e. The van der Waals surface area contributed by atoms with Gasteiger partial charge in [0.25, 0.3) is 0 Å². The Labute approximate surface area is 161 Å². The van der Waals surface area contributed by atoms with Gasteiger partial charge in [0.2, 0.25) is 5.91 Å². The lowest BCUT2D eigenvalue weighted by Gasteiger charge is -2.36. The highest BCUT2D eigenvalue weighted by Gasteiger charge is 2.22. The number of rotatable bonds is 4. The number of pyridine rings is 1. The summed E-state index contributed by atoms with van der Waals surface area (Å²) in [4.78, 5) is 26.6. The van der Waals surface area contributed by atoms with Crippen LogP contribution in [0.5, 0.6) is 0 Å². The van der Waals surface area contributed by atoms with E-state index in [1.54, 1.807) is 17.5 Å². The summed E-state index contributed by atoms with van der Waals surface area (Å²) in [5, 5.41) is 0. The quantitative estimate of drug-likeness (QED) is 0.645. The number of carbonyl (C=O) groups is 1. The summed E-state index contributed by atoms with van der Waals surface area (Å²) in [5.74, 6) is 0.621. The molecule has 0 N–H and O–H groups in total. The van der Waals surface area contributed by atoms with Crippen LogP contribution in [-0.4, -0.2) is 52.7 Å². The number of anilines is 1. The Balaban J connectivity index is 1.31. The largest absolute Gasteiger partial charge is 0.368 e. The first-order chi connectivity index (χ1) is 12.7. The number of hydrogen-bond acceptors (Lipinski definition) is 6. The number of amides is 1. The topological polar surface area (TPSA) is 49.3 Å². The molecule has 1 amide bonds. The monoisotopic (exact) mass is 384 g/mol. The Morgan fingerprint density at radius 3 is 2.73 bits per heavy atom. The number of nitrogens with zero attached hydrogens (tertiary/aromatic N) is 4. The molecule has 0 atom stereocenters. The SMILES string of the molecule is Cc1ccccc1N1CCN(C(=O)CSc2nc3cccnc3s2)CC1. The summed E-state index contributed by atoms with van der Waals surface area (Å²) in [7, 11) is 0. The van der Waals surface area contributed by atoms with Crippen LogP contribution in [0.1, 0.15) is 5.56 Å². The number of piperazine rings is 1. The third kappa shape index (κ3) is 3.68. The van der Waals surface area contributed by atoms with Crippen molar-refractivity contribution < 1.29 is 4.79 Å². The fraction of sp³-hybridized carbons (Fsp3) is 0.316. The molecule has 0 unspecified atom stereocenters. The molecular weight excluding hydrogens is 364 g/mol. The van der Waals surface area contributed by atoms with E-state index in [1.165, 1.54) is 23.0 Å². The third-order valence-corrected chi connectivity index (χ3v) is 6.66. The van der Waals surface area contributed by atoms with Crippen molar-refractivity contribution in [3.8, 4) is 0 Å². The van der Waals surface area contributed by atoms with Gasteiger partial charge in [-0.25, -0.2) is 9.97 Å². The highest BCUT2D eigenvalue weighted by atomic mass is 32.2. The van der Waals surface area contributed by atoms with Crippen molar-refractivity contribution in [2.45, 2.75) is 11.3 Å². The van der Waals surface area contributed by atoms with Gasteiger partial charge in [0.05, 0.1) is 5.75 Å². The summed E-state index contributed by atoms with van der Waals surface area (Å²) >= 11 is 3.06. The Kier molecular flexibility index (Phi) is 5.08. The Hall–Kier alpha value is -2.12. The van der Waals surface area contributed by atoms with Crippen LogP contribution in [0.3, 0.4) is 0 Å². The van der Waals surface area contributed by atoms with E-state index in [1.807, 2.05) is 17.0 Å². The predicted octanol–water partition coefficient (Wildman–Crippen LogP) is 3.44. The van der Waals surface area contributed by atoms with Crippen molar-refractivity contribution in [3.05, 3.63) is 48.2 Å². The van der Waals surface area contributed by atoms with Crippen LogP contribution in [-0.2, 0) is 4.79 Å². The number of thioether (sulfide) groups is 1. The highest BCUT2D eigenvalue weighted by Crippen LogP contribution is 2.28. The fourth-order valence-electron chi connectivity index (χ4n) is 3.14. The standard InChI is InChI=1S/C19H20N4OS2/c1-14-5-2-3-7-16(14)22-9-11-23(12-10-22)17(24)13-25-19-21-15-6-4-8-20-18(15)26-19/h2-8H,9-13H2,1H3. The summed E-state index contributed by atoms with van der Waals surface area (Å²) in [5.41, 5.74) is 3.46. The normalized spacial score (nSPS) is 14.8. The van der Waals surface area contributed by atoms with Gasteiger partial charge >= 0.3 is 0 Å². The Bertz CT molecular complexity index is 886. The van der Waals surface area contributed by atoms with Crippen LogP contribution >= 0.6 is 23.1 Å². The van der Waals surface area contributed by atoms with Gasteiger partial charge in [-0.15, -0.1) is 0 Å². The van der Waals surface area contributed by atoms with Gasteiger partial charge in [0.1, 0.15) is 10.3 Å². The number of aromatic nitrogens is 2. The number of para-hydroxylation sites is 1. The summed E-state index contributed by atoms with van der Waals surface area (Å²) in [6.07, 6.45) is 1.77. The van der Waals surface area contributed by atoms with Crippen LogP contribution in [0.25, 0.3) is 10.3 Å². The maximum atomic E-state index is 12.5. The molecule has 2 aromatic heterocycles. The van der Waals surface area contributed by atoms with E-state index in [9.17, 15) is 4.79 Å². The molecule has 5 nitrogen and oxygen atoms in total. The molecule has 0 bridgehead atoms. The maximum absolute atomic E-state index is 12.5. The van der Waals surface area contributed by atoms with Crippen LogP contribution in [0.15, 0.2) is 46.9 Å². The highest BCUT2D eigenvalue weighted by molar-refractivity contribution is 8.01. The molecule has 0 aliphatic carbocycles. The molecule has 134 valence electrons. The minimum Gasteiger partial charge on any atom is -0.368 e. The van der Waals surface area contributed by atoms with Gasteiger partial charge in [0, 0.05) is 38.1 Å². The molecule has 1 fully saturated rings. The predicted molar refractivity (Wildman–Crippen MR) is 108 cm³/mol. The van der Waals surface area contributed by atoms with Crippen molar-refractivity contribution >= 4 is 45.0 Å². The lowest BCUT2D eigenvalue weighted by atomic mass is 10.1. The van der Waals surface area contributed by atoms with Gasteiger partial charge in [-0.2, -0.15) is 0 Å². The van der Waals surface area contributed by atoms with Gasteiger partial charge in [-0.1, -0.05) is 41.3 Å². The molecule has 1 aliphatic rings. The molecule has 3 aromatic rings. The Morgan fingerprint density at radius 1 is 1.15 bits per heavy atom. The summed E-state index contributed by atoms with van der Waals surface area (Å²) in [6, 6.07) is 12.3. The maximum Gasteiger partial charge on any atom is 0.233 e. The van der Waals surface area contributed by atoms with Crippen LogP contribution in [0, 0.1) is 6.92 Å². The van der Waals surface area contributed by atoms with Gasteiger partial charge in [-0.3, -0.25) is 4.79 Å². The lowest BCUT2D eigenvalue weighted by molar-refractivity contribution is -0.128. The summed E-state index contributed by atoms with van der Waals surface area (Å²) < 4.78 is 0.908. The van der Waals surface area contributed by atoms with Crippen LogP contribution < -0.4 is 4.90 Å². The molecule has 4 rings (SSSR count). The first-order valence-corrected chi connectivity index (χ1v) is 10.4. The number of thiazole rings is 1. The minimum absolute atomic E-state index is 0.187. The number of aryl methyl sites for hydroxylation is 1. The fourth-order valence-corrected chi connectivity index (χ4v) is 5.02. The van der Waals surface area contributed by atoms with E-state index in [2.05, 4.69) is 46.1 Å². The molecule has 7 heteroatoms. The zero-order valence-corrected chi connectivity index (χ0v) is 16.2. The summed E-state index contributed by atoms with van der Waals surface area (Å²) in [6.45, 7) is 5.44. The lowest BCUT2D eigenvalue weighted by Crippen LogP contribution is -2.49. The minimum atomic E-state index is 0.187. The molecule has 1 aromatic carbocycles. The van der Waals surface area contributed by atoms with E-state index in [0.29, 0.717) is 5.75 Å². The molecule has 3 heterocycles. The van der Waals surface area contributed by atoms with E-state index in [-0.39, 0.29) is 5.91 Å². The van der Waals surface area contributed by atoms with Gasteiger partial charge in [-0.05, 0) is 30.7 Å². The van der Waals surface area contributed by atoms with Crippen molar-refractivity contribution in [1.29, 1.82) is 0 Å². The van der Waals surface area contributed by atoms with E-state index >= 15 is 0 Å². The number of hydrogen-bond donors (Lipinski definition) is 0. The molecule has 1 aliphatic heterocycles. The number of benzene rings is 1. The zero-order chi connectivity index (χ0) is 17.9. The number of carbonyl (C=O) groups excluding carboxylic acids is 1. The van der Waals surface area contributed by atoms with Crippen molar-refractivity contribution in [1.82, 2.24) is 14.9 Å². The second kappa shape index (κ2) is 7.63. The van der Waals surface area contributed by atoms with Crippen molar-refractivity contribution in [2.24, 2.45) is 0 Å². The van der Waals surface area contributed by atoms with Crippen molar-refractivity contribution in [3.63, 3.8) is 0 Å². The van der Waals surface area contributed by atoms with Crippen molar-refractivity contribution in [2.75, 3.05) is 36.8 Å². The zero-order valence-electron chi connectivity index (χ0n) is 14.6. The average molecular weight is 385 g/mol. The molecule has 26 heavy (non-hydrogen) atoms. The molecule has 1 saturated heterocycles. The molecular formula is C19H20N4OS2. The Morgan fingerprint density at radius 2 is 1.96 bits per heavy atom. The first kappa shape index (κ1) is 17.3. The molecule has 0 spiro atoms. The second-order valence-electron chi connectivity index (χ2n) is 6.25. The van der Waals surface area contributed by atoms with Crippen LogP contribution in [0.2, 0.25) is 0 Å². The average Bonchev–Trinajstić information content (AvgIpc) is 3.10.